The average molecular weight is 467 g/mol. The second-order valence-electron chi connectivity index (χ2n) is 7.68. The van der Waals surface area contributed by atoms with Gasteiger partial charge in [0.15, 0.2) is 11.5 Å². The fourth-order valence-electron chi connectivity index (χ4n) is 3.53. The number of halogens is 1. The molecule has 0 aliphatic carbocycles. The lowest BCUT2D eigenvalue weighted by Gasteiger charge is -2.20. The van der Waals surface area contributed by atoms with Crippen molar-refractivity contribution in [2.75, 3.05) is 27.9 Å². The van der Waals surface area contributed by atoms with Crippen molar-refractivity contribution in [3.05, 3.63) is 71.6 Å². The van der Waals surface area contributed by atoms with Crippen LogP contribution in [0.25, 0.3) is 22.3 Å². The Bertz CT molecular complexity index is 1210. The van der Waals surface area contributed by atoms with Gasteiger partial charge in [0.25, 0.3) is 0 Å². The third-order valence-corrected chi connectivity index (χ3v) is 5.19. The van der Waals surface area contributed by atoms with E-state index in [4.69, 9.17) is 18.9 Å². The minimum Gasteiger partial charge on any atom is -0.504 e. The predicted molar refractivity (Wildman–Crippen MR) is 128 cm³/mol. The molecule has 3 aromatic carbocycles. The maximum absolute atomic E-state index is 13.5. The molecule has 6 nitrogen and oxygen atoms in total. The lowest BCUT2D eigenvalue weighted by atomic mass is 9.92. The Labute approximate surface area is 198 Å². The van der Waals surface area contributed by atoms with E-state index in [0.29, 0.717) is 40.4 Å². The molecular formula is C27H27FO6. The number of rotatable bonds is 8. The molecule has 0 aliphatic rings. The molecule has 0 heterocycles. The van der Waals surface area contributed by atoms with E-state index in [0.717, 1.165) is 5.57 Å². The summed E-state index contributed by atoms with van der Waals surface area (Å²) in [6, 6.07) is 12.3. The largest absolute Gasteiger partial charge is 0.504 e. The van der Waals surface area contributed by atoms with Crippen LogP contribution in [0.1, 0.15) is 24.2 Å². The third-order valence-electron chi connectivity index (χ3n) is 5.19. The van der Waals surface area contributed by atoms with Crippen LogP contribution in [0.5, 0.6) is 23.0 Å². The second-order valence-corrected chi connectivity index (χ2v) is 7.68. The quantitative estimate of drug-likeness (QED) is 0.324. The van der Waals surface area contributed by atoms with E-state index in [2.05, 4.69) is 0 Å². The third kappa shape index (κ3) is 5.14. The van der Waals surface area contributed by atoms with Crippen LogP contribution in [0.3, 0.4) is 0 Å². The summed E-state index contributed by atoms with van der Waals surface area (Å²) >= 11 is 0. The van der Waals surface area contributed by atoms with Gasteiger partial charge in [0.2, 0.25) is 0 Å². The number of hydrogen-bond donors (Lipinski definition) is 1. The monoisotopic (exact) mass is 466 g/mol. The summed E-state index contributed by atoms with van der Waals surface area (Å²) in [5.74, 6) is -0.225. The average Bonchev–Trinajstić information content (AvgIpc) is 2.83. The summed E-state index contributed by atoms with van der Waals surface area (Å²) in [5, 5.41) is 10.5. The summed E-state index contributed by atoms with van der Waals surface area (Å²) in [7, 11) is 4.17. The van der Waals surface area contributed by atoms with Gasteiger partial charge in [-0.05, 0) is 61.4 Å². The van der Waals surface area contributed by atoms with E-state index in [1.165, 1.54) is 39.5 Å². The Kier molecular flexibility index (Phi) is 7.79. The molecule has 34 heavy (non-hydrogen) atoms. The highest BCUT2D eigenvalue weighted by molar-refractivity contribution is 6.05. The van der Waals surface area contributed by atoms with E-state index in [1.54, 1.807) is 30.3 Å². The number of esters is 1. The summed E-state index contributed by atoms with van der Waals surface area (Å²) in [6.45, 7) is 4.24. The number of allylic oxidation sites excluding steroid dienone is 1. The van der Waals surface area contributed by atoms with Crippen LogP contribution >= 0.6 is 0 Å². The van der Waals surface area contributed by atoms with Gasteiger partial charge in [-0.15, -0.1) is 0 Å². The normalized spacial score (nSPS) is 10.4. The van der Waals surface area contributed by atoms with Gasteiger partial charge in [-0.25, -0.2) is 9.18 Å². The molecule has 0 bridgehead atoms. The SMILES string of the molecule is COC(=O)c1c(OC)c(-c2ccc(OCC=C(C)C)c(O)c2)cc(OC)c1-c1ccc(F)cc1. The fraction of sp³-hybridized carbons (Fsp3) is 0.222. The molecule has 1 N–H and O–H groups in total. The smallest absolute Gasteiger partial charge is 0.342 e. The Morgan fingerprint density at radius 3 is 2.18 bits per heavy atom. The van der Waals surface area contributed by atoms with Crippen LogP contribution in [-0.2, 0) is 4.74 Å². The van der Waals surface area contributed by atoms with E-state index < -0.39 is 11.8 Å². The van der Waals surface area contributed by atoms with Gasteiger partial charge in [-0.3, -0.25) is 0 Å². The summed E-state index contributed by atoms with van der Waals surface area (Å²) in [5.41, 5.74) is 3.24. The zero-order valence-electron chi connectivity index (χ0n) is 19.8. The van der Waals surface area contributed by atoms with E-state index in [9.17, 15) is 14.3 Å². The Balaban J connectivity index is 2.21. The molecular weight excluding hydrogens is 439 g/mol. The molecule has 178 valence electrons. The van der Waals surface area contributed by atoms with Crippen molar-refractivity contribution < 1.29 is 33.2 Å². The van der Waals surface area contributed by atoms with Crippen molar-refractivity contribution in [2.24, 2.45) is 0 Å². The van der Waals surface area contributed by atoms with Gasteiger partial charge in [-0.1, -0.05) is 23.8 Å². The van der Waals surface area contributed by atoms with Gasteiger partial charge in [0.1, 0.15) is 29.5 Å². The van der Waals surface area contributed by atoms with Crippen LogP contribution < -0.4 is 14.2 Å². The number of aromatic hydroxyl groups is 1. The number of carbonyl (C=O) groups is 1. The van der Waals surface area contributed by atoms with Crippen LogP contribution in [0.2, 0.25) is 0 Å². The lowest BCUT2D eigenvalue weighted by Crippen LogP contribution is -2.09. The first-order chi connectivity index (χ1) is 16.3. The Hall–Kier alpha value is -4.00. The fourth-order valence-corrected chi connectivity index (χ4v) is 3.53. The first-order valence-corrected chi connectivity index (χ1v) is 10.5. The van der Waals surface area contributed by atoms with Crippen LogP contribution in [0, 0.1) is 5.82 Å². The molecule has 0 aliphatic heterocycles. The van der Waals surface area contributed by atoms with E-state index >= 15 is 0 Å². The number of hydrogen-bond acceptors (Lipinski definition) is 6. The van der Waals surface area contributed by atoms with Gasteiger partial charge < -0.3 is 24.1 Å². The van der Waals surface area contributed by atoms with Crippen LogP contribution in [-0.4, -0.2) is 39.0 Å². The maximum Gasteiger partial charge on any atom is 0.342 e. The van der Waals surface area contributed by atoms with Gasteiger partial charge in [0.05, 0.1) is 21.3 Å². The Morgan fingerprint density at radius 1 is 0.941 bits per heavy atom. The molecule has 0 aromatic heterocycles. The lowest BCUT2D eigenvalue weighted by molar-refractivity contribution is 0.0597. The molecule has 0 radical (unpaired) electrons. The van der Waals surface area contributed by atoms with Crippen molar-refractivity contribution in [3.8, 4) is 45.3 Å². The summed E-state index contributed by atoms with van der Waals surface area (Å²) < 4.78 is 35.5. The van der Waals surface area contributed by atoms with Crippen molar-refractivity contribution in [2.45, 2.75) is 13.8 Å². The molecule has 0 spiro atoms. The summed E-state index contributed by atoms with van der Waals surface area (Å²) in [4.78, 5) is 12.9. The van der Waals surface area contributed by atoms with Crippen molar-refractivity contribution in [1.82, 2.24) is 0 Å². The van der Waals surface area contributed by atoms with Crippen LogP contribution in [0.4, 0.5) is 4.39 Å². The highest BCUT2D eigenvalue weighted by atomic mass is 19.1. The first kappa shape index (κ1) is 24.6. The predicted octanol–water partition coefficient (Wildman–Crippen LogP) is 6.01. The molecule has 3 rings (SSSR count). The minimum atomic E-state index is -0.651. The maximum atomic E-state index is 13.5. The molecule has 0 atom stereocenters. The number of methoxy groups -OCH3 is 3. The molecule has 0 amide bonds. The standard InChI is InChI=1S/C27H27FO6/c1-16(2)12-13-34-22-11-8-18(14-21(22)29)20-15-23(31-3)24(17-6-9-19(28)10-7-17)25(26(20)32-4)27(30)33-5/h6-12,14-15,29H,13H2,1-5H3. The zero-order chi connectivity index (χ0) is 24.8. The number of carbonyl (C=O) groups excluding carboxylic acids is 1. The van der Waals surface area contributed by atoms with Gasteiger partial charge in [0, 0.05) is 11.1 Å². The molecule has 3 aromatic rings. The summed E-state index contributed by atoms with van der Waals surface area (Å²) in [6.07, 6.45) is 1.90. The van der Waals surface area contributed by atoms with Crippen molar-refractivity contribution >= 4 is 5.97 Å². The van der Waals surface area contributed by atoms with Gasteiger partial charge in [-0.2, -0.15) is 0 Å². The molecule has 0 unspecified atom stereocenters. The van der Waals surface area contributed by atoms with Crippen molar-refractivity contribution in [1.29, 1.82) is 0 Å². The van der Waals surface area contributed by atoms with Crippen LogP contribution in [0.15, 0.2) is 60.2 Å². The molecule has 7 heteroatoms. The highest BCUT2D eigenvalue weighted by Gasteiger charge is 2.27. The minimum absolute atomic E-state index is 0.0668. The molecule has 0 fully saturated rings. The van der Waals surface area contributed by atoms with Crippen molar-refractivity contribution in [3.63, 3.8) is 0 Å². The topological polar surface area (TPSA) is 74.2 Å². The molecule has 0 saturated heterocycles. The second kappa shape index (κ2) is 10.7. The van der Waals surface area contributed by atoms with Gasteiger partial charge >= 0.3 is 5.97 Å². The number of phenolic OH excluding ortho intramolecular Hbond substituents is 1. The Morgan fingerprint density at radius 2 is 1.62 bits per heavy atom. The highest BCUT2D eigenvalue weighted by Crippen LogP contribution is 2.46. The molecule has 0 saturated carbocycles. The number of phenols is 1. The first-order valence-electron chi connectivity index (χ1n) is 10.5. The van der Waals surface area contributed by atoms with E-state index in [1.807, 2.05) is 19.9 Å². The van der Waals surface area contributed by atoms with E-state index in [-0.39, 0.29) is 17.1 Å². The number of ether oxygens (including phenoxy) is 4. The number of benzene rings is 3. The zero-order valence-corrected chi connectivity index (χ0v) is 19.8.